The van der Waals surface area contributed by atoms with Gasteiger partial charge in [0.25, 0.3) is 0 Å². The summed E-state index contributed by atoms with van der Waals surface area (Å²) >= 11 is 0. The van der Waals surface area contributed by atoms with Crippen LogP contribution in [-0.4, -0.2) is 11.5 Å². The maximum Gasteiger partial charge on any atom is 0.0500 e. The molecule has 2 heteroatoms. The van der Waals surface area contributed by atoms with Crippen LogP contribution < -0.4 is 5.32 Å². The second-order valence-corrected chi connectivity index (χ2v) is 5.20. The molecule has 3 aromatic rings. The van der Waals surface area contributed by atoms with Crippen molar-refractivity contribution in [2.24, 2.45) is 0 Å². The molecule has 1 heterocycles. The topological polar surface area (TPSA) is 24.9 Å². The number of aromatic nitrogens is 1. The lowest BCUT2D eigenvalue weighted by Crippen LogP contribution is -2.23. The molecule has 1 N–H and O–H groups in total. The van der Waals surface area contributed by atoms with Gasteiger partial charge in [-0.05, 0) is 23.6 Å². The summed E-state index contributed by atoms with van der Waals surface area (Å²) in [6.07, 6.45) is 2.81. The van der Waals surface area contributed by atoms with Crippen LogP contribution in [0.5, 0.6) is 0 Å². The van der Waals surface area contributed by atoms with E-state index in [1.807, 2.05) is 6.20 Å². The van der Waals surface area contributed by atoms with E-state index < -0.39 is 0 Å². The number of benzene rings is 2. The number of pyridine rings is 1. The van der Waals surface area contributed by atoms with Crippen LogP contribution in [-0.2, 0) is 6.42 Å². The van der Waals surface area contributed by atoms with Crippen LogP contribution in [0.4, 0.5) is 0 Å². The van der Waals surface area contributed by atoms with E-state index in [4.69, 9.17) is 0 Å². The van der Waals surface area contributed by atoms with Gasteiger partial charge in [0.15, 0.2) is 0 Å². The Morgan fingerprint density at radius 3 is 2.52 bits per heavy atom. The van der Waals surface area contributed by atoms with Crippen molar-refractivity contribution in [1.29, 1.82) is 0 Å². The minimum atomic E-state index is 0.300. The lowest BCUT2D eigenvalue weighted by atomic mass is 9.99. The number of nitrogens with zero attached hydrogens (tertiary/aromatic N) is 1. The molecule has 0 fully saturated rings. The van der Waals surface area contributed by atoms with E-state index >= 15 is 0 Å². The lowest BCUT2D eigenvalue weighted by Gasteiger charge is -2.19. The smallest absolute Gasteiger partial charge is 0.0500 e. The van der Waals surface area contributed by atoms with Gasteiger partial charge in [0.2, 0.25) is 0 Å². The zero-order chi connectivity index (χ0) is 14.5. The number of hydrogen-bond acceptors (Lipinski definition) is 2. The van der Waals surface area contributed by atoms with Crippen molar-refractivity contribution >= 4 is 10.8 Å². The second-order valence-electron chi connectivity index (χ2n) is 5.20. The van der Waals surface area contributed by atoms with Crippen LogP contribution in [0.2, 0.25) is 0 Å². The standard InChI is InChI=1S/C19H20N2/c1-2-20-18(16-9-4-3-5-10-16)14-19-17-11-7-6-8-15(17)12-13-21-19/h3-13,18,20H,2,14H2,1H3. The molecule has 1 unspecified atom stereocenters. The van der Waals surface area contributed by atoms with E-state index in [-0.39, 0.29) is 0 Å². The van der Waals surface area contributed by atoms with Gasteiger partial charge in [-0.15, -0.1) is 0 Å². The van der Waals surface area contributed by atoms with Crippen molar-refractivity contribution in [3.05, 3.63) is 78.1 Å². The van der Waals surface area contributed by atoms with Gasteiger partial charge >= 0.3 is 0 Å². The Kier molecular flexibility index (Phi) is 4.27. The van der Waals surface area contributed by atoms with Crippen molar-refractivity contribution in [1.82, 2.24) is 10.3 Å². The van der Waals surface area contributed by atoms with Crippen LogP contribution >= 0.6 is 0 Å². The van der Waals surface area contributed by atoms with E-state index in [0.29, 0.717) is 6.04 Å². The molecule has 0 amide bonds. The zero-order valence-electron chi connectivity index (χ0n) is 12.3. The molecule has 0 aliphatic carbocycles. The van der Waals surface area contributed by atoms with Gasteiger partial charge in [0.1, 0.15) is 0 Å². The normalized spacial score (nSPS) is 12.4. The third-order valence-corrected chi connectivity index (χ3v) is 3.81. The summed E-state index contributed by atoms with van der Waals surface area (Å²) in [6.45, 7) is 3.09. The van der Waals surface area contributed by atoms with Crippen LogP contribution in [0.1, 0.15) is 24.2 Å². The third kappa shape index (κ3) is 3.11. The highest BCUT2D eigenvalue weighted by molar-refractivity contribution is 5.84. The van der Waals surface area contributed by atoms with E-state index in [9.17, 15) is 0 Å². The minimum Gasteiger partial charge on any atom is -0.310 e. The van der Waals surface area contributed by atoms with Gasteiger partial charge in [-0.3, -0.25) is 4.98 Å². The van der Waals surface area contributed by atoms with Crippen molar-refractivity contribution in [2.45, 2.75) is 19.4 Å². The molecule has 106 valence electrons. The molecule has 0 bridgehead atoms. The van der Waals surface area contributed by atoms with Crippen LogP contribution in [0.3, 0.4) is 0 Å². The second kappa shape index (κ2) is 6.51. The summed E-state index contributed by atoms with van der Waals surface area (Å²) in [6, 6.07) is 21.4. The molecule has 0 aliphatic heterocycles. The maximum absolute atomic E-state index is 4.61. The average molecular weight is 276 g/mol. The van der Waals surface area contributed by atoms with E-state index in [2.05, 4.69) is 77.9 Å². The molecule has 1 aromatic heterocycles. The fourth-order valence-electron chi connectivity index (χ4n) is 2.78. The van der Waals surface area contributed by atoms with Gasteiger partial charge in [-0.1, -0.05) is 61.5 Å². The van der Waals surface area contributed by atoms with Gasteiger partial charge in [0.05, 0.1) is 5.69 Å². The summed E-state index contributed by atoms with van der Waals surface area (Å²) in [5.74, 6) is 0. The van der Waals surface area contributed by atoms with Crippen LogP contribution in [0, 0.1) is 0 Å². The van der Waals surface area contributed by atoms with Gasteiger partial charge in [-0.25, -0.2) is 0 Å². The SMILES string of the molecule is CCNC(Cc1nccc2ccccc12)c1ccccc1. The quantitative estimate of drug-likeness (QED) is 0.758. The molecule has 21 heavy (non-hydrogen) atoms. The van der Waals surface area contributed by atoms with Crippen molar-refractivity contribution in [3.63, 3.8) is 0 Å². The van der Waals surface area contributed by atoms with Crippen molar-refractivity contribution < 1.29 is 0 Å². The molecule has 0 saturated carbocycles. The maximum atomic E-state index is 4.61. The molecule has 0 aliphatic rings. The number of nitrogens with one attached hydrogen (secondary N) is 1. The number of hydrogen-bond donors (Lipinski definition) is 1. The summed E-state index contributed by atoms with van der Waals surface area (Å²) in [4.78, 5) is 4.61. The Balaban J connectivity index is 1.95. The molecular weight excluding hydrogens is 256 g/mol. The highest BCUT2D eigenvalue weighted by Gasteiger charge is 2.13. The molecule has 2 aromatic carbocycles. The summed E-state index contributed by atoms with van der Waals surface area (Å²) in [5, 5.41) is 6.08. The average Bonchev–Trinajstić information content (AvgIpc) is 2.55. The predicted molar refractivity (Wildman–Crippen MR) is 88.3 cm³/mol. The molecule has 0 radical (unpaired) electrons. The first-order valence-corrected chi connectivity index (χ1v) is 7.49. The number of rotatable bonds is 5. The number of likely N-dealkylation sites (N-methyl/N-ethyl adjacent to an activating group) is 1. The summed E-state index contributed by atoms with van der Waals surface area (Å²) in [5.41, 5.74) is 2.47. The van der Waals surface area contributed by atoms with E-state index in [0.717, 1.165) is 18.7 Å². The van der Waals surface area contributed by atoms with Crippen molar-refractivity contribution in [3.8, 4) is 0 Å². The van der Waals surface area contributed by atoms with Gasteiger partial charge < -0.3 is 5.32 Å². The third-order valence-electron chi connectivity index (χ3n) is 3.81. The van der Waals surface area contributed by atoms with E-state index in [1.54, 1.807) is 0 Å². The fourth-order valence-corrected chi connectivity index (χ4v) is 2.78. The first-order valence-electron chi connectivity index (χ1n) is 7.49. The first-order chi connectivity index (χ1) is 10.4. The Labute approximate surface area is 125 Å². The largest absolute Gasteiger partial charge is 0.310 e. The Bertz CT molecular complexity index is 702. The van der Waals surface area contributed by atoms with Crippen LogP contribution in [0.25, 0.3) is 10.8 Å². The summed E-state index contributed by atoms with van der Waals surface area (Å²) < 4.78 is 0. The summed E-state index contributed by atoms with van der Waals surface area (Å²) in [7, 11) is 0. The Morgan fingerprint density at radius 2 is 1.71 bits per heavy atom. The molecular formula is C19H20N2. The van der Waals surface area contributed by atoms with Gasteiger partial charge in [0, 0.05) is 24.0 Å². The highest BCUT2D eigenvalue weighted by Crippen LogP contribution is 2.22. The minimum absolute atomic E-state index is 0.300. The molecule has 2 nitrogen and oxygen atoms in total. The predicted octanol–water partition coefficient (Wildman–Crippen LogP) is 4.13. The van der Waals surface area contributed by atoms with Crippen LogP contribution in [0.15, 0.2) is 66.9 Å². The molecule has 0 saturated heterocycles. The molecule has 1 atom stereocenters. The molecule has 0 spiro atoms. The zero-order valence-corrected chi connectivity index (χ0v) is 12.3. The van der Waals surface area contributed by atoms with Crippen molar-refractivity contribution in [2.75, 3.05) is 6.54 Å². The molecule has 3 rings (SSSR count). The highest BCUT2D eigenvalue weighted by atomic mass is 14.9. The number of fused-ring (bicyclic) bond motifs is 1. The fraction of sp³-hybridized carbons (Fsp3) is 0.211. The van der Waals surface area contributed by atoms with E-state index in [1.165, 1.54) is 16.3 Å². The Morgan fingerprint density at radius 1 is 0.952 bits per heavy atom. The monoisotopic (exact) mass is 276 g/mol. The Hall–Kier alpha value is -2.19. The first kappa shape index (κ1) is 13.8. The lowest BCUT2D eigenvalue weighted by molar-refractivity contribution is 0.546. The van der Waals surface area contributed by atoms with Gasteiger partial charge in [-0.2, -0.15) is 0 Å².